The second-order valence-corrected chi connectivity index (χ2v) is 5.59. The number of hydrogen-bond donors (Lipinski definition) is 0. The molecule has 1 aliphatic rings. The number of fused-ring (bicyclic) bond motifs is 1. The minimum absolute atomic E-state index is 0.0735. The largest absolute Gasteiger partial charge is 0.484 e. The Balaban J connectivity index is 1.65. The maximum atomic E-state index is 13.1. The molecule has 114 valence electrons. The highest BCUT2D eigenvalue weighted by molar-refractivity contribution is 5.78. The van der Waals surface area contributed by atoms with Gasteiger partial charge in [-0.3, -0.25) is 4.79 Å². The smallest absolute Gasteiger partial charge is 0.261 e. The fraction of sp³-hybridized carbons (Fsp3) is 0.278. The third kappa shape index (κ3) is 3.11. The molecule has 1 unspecified atom stereocenters. The molecule has 0 aliphatic carbocycles. The summed E-state index contributed by atoms with van der Waals surface area (Å²) in [6.07, 6.45) is 0.849. The first kappa shape index (κ1) is 14.6. The van der Waals surface area contributed by atoms with Crippen LogP contribution in [-0.2, 0) is 17.8 Å². The Bertz CT molecular complexity index is 686. The number of ether oxygens (including phenoxy) is 1. The Morgan fingerprint density at radius 1 is 1.23 bits per heavy atom. The van der Waals surface area contributed by atoms with Gasteiger partial charge in [0.05, 0.1) is 0 Å². The van der Waals surface area contributed by atoms with Crippen molar-refractivity contribution >= 4 is 5.91 Å². The third-order valence-electron chi connectivity index (χ3n) is 3.99. The van der Waals surface area contributed by atoms with Crippen LogP contribution in [0.15, 0.2) is 48.5 Å². The number of halogens is 1. The summed E-state index contributed by atoms with van der Waals surface area (Å²) in [5, 5.41) is 0. The average Bonchev–Trinajstić information content (AvgIpc) is 2.52. The van der Waals surface area contributed by atoms with Gasteiger partial charge >= 0.3 is 0 Å². The summed E-state index contributed by atoms with van der Waals surface area (Å²) in [6.45, 7) is 2.56. The Labute approximate surface area is 129 Å². The molecule has 0 saturated carbocycles. The van der Waals surface area contributed by atoms with E-state index in [1.807, 2.05) is 24.0 Å². The molecule has 0 spiro atoms. The normalized spacial score (nSPS) is 17.0. The van der Waals surface area contributed by atoms with Crippen LogP contribution in [0.4, 0.5) is 4.39 Å². The van der Waals surface area contributed by atoms with E-state index in [0.29, 0.717) is 12.3 Å². The highest BCUT2D eigenvalue weighted by atomic mass is 19.1. The summed E-state index contributed by atoms with van der Waals surface area (Å²) in [5.74, 6) is -0.0742. The van der Waals surface area contributed by atoms with Gasteiger partial charge in [-0.15, -0.1) is 0 Å². The number of nitrogens with zero attached hydrogens (tertiary/aromatic N) is 1. The highest BCUT2D eigenvalue weighted by Gasteiger charge is 2.26. The number of rotatable bonds is 3. The maximum absolute atomic E-state index is 13.1. The molecule has 3 nitrogen and oxygen atoms in total. The SMILES string of the molecule is CC1Cc2ccccc2CN1C(=O)COc1cccc(F)c1. The maximum Gasteiger partial charge on any atom is 0.261 e. The van der Waals surface area contributed by atoms with Crippen molar-refractivity contribution in [2.24, 2.45) is 0 Å². The Morgan fingerprint density at radius 2 is 2.00 bits per heavy atom. The average molecular weight is 299 g/mol. The van der Waals surface area contributed by atoms with Crippen molar-refractivity contribution in [3.05, 3.63) is 65.5 Å². The number of hydrogen-bond acceptors (Lipinski definition) is 2. The van der Waals surface area contributed by atoms with Crippen LogP contribution in [0.1, 0.15) is 18.1 Å². The first-order valence-corrected chi connectivity index (χ1v) is 7.38. The molecule has 1 amide bonds. The number of carbonyl (C=O) groups excluding carboxylic acids is 1. The van der Waals surface area contributed by atoms with Crippen LogP contribution in [0.3, 0.4) is 0 Å². The van der Waals surface area contributed by atoms with Crippen LogP contribution in [0.25, 0.3) is 0 Å². The zero-order chi connectivity index (χ0) is 15.5. The van der Waals surface area contributed by atoms with Crippen molar-refractivity contribution in [2.75, 3.05) is 6.61 Å². The molecule has 3 rings (SSSR count). The minimum atomic E-state index is -0.370. The van der Waals surface area contributed by atoms with Crippen LogP contribution in [0.2, 0.25) is 0 Å². The summed E-state index contributed by atoms with van der Waals surface area (Å²) in [5.41, 5.74) is 2.48. The van der Waals surface area contributed by atoms with Gasteiger partial charge in [0.2, 0.25) is 0 Å². The van der Waals surface area contributed by atoms with E-state index in [2.05, 4.69) is 12.1 Å². The molecule has 0 fully saturated rings. The van der Waals surface area contributed by atoms with E-state index < -0.39 is 0 Å². The predicted molar refractivity (Wildman–Crippen MR) is 82.1 cm³/mol. The van der Waals surface area contributed by atoms with Gasteiger partial charge < -0.3 is 9.64 Å². The molecule has 2 aromatic carbocycles. The van der Waals surface area contributed by atoms with Crippen LogP contribution < -0.4 is 4.74 Å². The molecule has 0 bridgehead atoms. The quantitative estimate of drug-likeness (QED) is 0.871. The molecule has 4 heteroatoms. The lowest BCUT2D eigenvalue weighted by Crippen LogP contribution is -2.44. The lowest BCUT2D eigenvalue weighted by atomic mass is 9.95. The number of benzene rings is 2. The summed E-state index contributed by atoms with van der Waals surface area (Å²) >= 11 is 0. The zero-order valence-electron chi connectivity index (χ0n) is 12.5. The van der Waals surface area contributed by atoms with E-state index in [-0.39, 0.29) is 24.4 Å². The molecule has 2 aromatic rings. The van der Waals surface area contributed by atoms with E-state index in [1.165, 1.54) is 23.3 Å². The first-order chi connectivity index (χ1) is 10.6. The van der Waals surface area contributed by atoms with Crippen LogP contribution >= 0.6 is 0 Å². The molecule has 0 aromatic heterocycles. The Hall–Kier alpha value is -2.36. The van der Waals surface area contributed by atoms with Gasteiger partial charge in [0.15, 0.2) is 6.61 Å². The number of amides is 1. The fourth-order valence-corrected chi connectivity index (χ4v) is 2.80. The van der Waals surface area contributed by atoms with E-state index in [4.69, 9.17) is 4.74 Å². The molecule has 1 aliphatic heterocycles. The summed E-state index contributed by atoms with van der Waals surface area (Å²) in [6, 6.07) is 14.1. The van der Waals surface area contributed by atoms with Crippen LogP contribution in [0, 0.1) is 5.82 Å². The molecular weight excluding hydrogens is 281 g/mol. The van der Waals surface area contributed by atoms with Gasteiger partial charge in [-0.05, 0) is 36.6 Å². The highest BCUT2D eigenvalue weighted by Crippen LogP contribution is 2.23. The summed E-state index contributed by atoms with van der Waals surface area (Å²) in [7, 11) is 0. The third-order valence-corrected chi connectivity index (χ3v) is 3.99. The van der Waals surface area contributed by atoms with E-state index in [0.717, 1.165) is 6.42 Å². The molecule has 1 atom stereocenters. The van der Waals surface area contributed by atoms with Gasteiger partial charge in [-0.1, -0.05) is 30.3 Å². The standard InChI is InChI=1S/C18H18FNO2/c1-13-9-14-5-2-3-6-15(14)11-20(13)18(21)12-22-17-8-4-7-16(19)10-17/h2-8,10,13H,9,11-12H2,1H3. The Morgan fingerprint density at radius 3 is 2.77 bits per heavy atom. The van der Waals surface area contributed by atoms with Crippen molar-refractivity contribution in [2.45, 2.75) is 25.9 Å². The zero-order valence-corrected chi connectivity index (χ0v) is 12.5. The lowest BCUT2D eigenvalue weighted by Gasteiger charge is -2.34. The van der Waals surface area contributed by atoms with E-state index >= 15 is 0 Å². The Kier molecular flexibility index (Phi) is 4.09. The number of carbonyl (C=O) groups is 1. The second kappa shape index (κ2) is 6.18. The molecule has 1 heterocycles. The van der Waals surface area contributed by atoms with Gasteiger partial charge in [-0.2, -0.15) is 0 Å². The molecule has 0 N–H and O–H groups in total. The lowest BCUT2D eigenvalue weighted by molar-refractivity contribution is -0.136. The van der Waals surface area contributed by atoms with Crippen molar-refractivity contribution in [1.82, 2.24) is 4.90 Å². The predicted octanol–water partition coefficient (Wildman–Crippen LogP) is 3.18. The summed E-state index contributed by atoms with van der Waals surface area (Å²) < 4.78 is 18.5. The molecule has 22 heavy (non-hydrogen) atoms. The van der Waals surface area contributed by atoms with Crippen molar-refractivity contribution in [3.63, 3.8) is 0 Å². The second-order valence-electron chi connectivity index (χ2n) is 5.59. The minimum Gasteiger partial charge on any atom is -0.484 e. The van der Waals surface area contributed by atoms with Crippen molar-refractivity contribution in [1.29, 1.82) is 0 Å². The van der Waals surface area contributed by atoms with E-state index in [1.54, 1.807) is 12.1 Å². The van der Waals surface area contributed by atoms with Crippen LogP contribution in [0.5, 0.6) is 5.75 Å². The summed E-state index contributed by atoms with van der Waals surface area (Å²) in [4.78, 5) is 14.2. The van der Waals surface area contributed by atoms with Gasteiger partial charge in [-0.25, -0.2) is 4.39 Å². The topological polar surface area (TPSA) is 29.5 Å². The van der Waals surface area contributed by atoms with Gasteiger partial charge in [0, 0.05) is 18.7 Å². The van der Waals surface area contributed by atoms with Gasteiger partial charge in [0.25, 0.3) is 5.91 Å². The van der Waals surface area contributed by atoms with Crippen molar-refractivity contribution < 1.29 is 13.9 Å². The fourth-order valence-electron chi connectivity index (χ4n) is 2.80. The molecule has 0 saturated heterocycles. The van der Waals surface area contributed by atoms with E-state index in [9.17, 15) is 9.18 Å². The molecular formula is C18H18FNO2. The van der Waals surface area contributed by atoms with Crippen LogP contribution in [-0.4, -0.2) is 23.5 Å². The van der Waals surface area contributed by atoms with Gasteiger partial charge in [0.1, 0.15) is 11.6 Å². The monoisotopic (exact) mass is 299 g/mol. The first-order valence-electron chi connectivity index (χ1n) is 7.38. The van der Waals surface area contributed by atoms with Crippen molar-refractivity contribution in [3.8, 4) is 5.75 Å². The molecule has 0 radical (unpaired) electrons.